The van der Waals surface area contributed by atoms with Crippen LogP contribution in [0.4, 0.5) is 8.78 Å². The van der Waals surface area contributed by atoms with Crippen LogP contribution in [0.25, 0.3) is 0 Å². The van der Waals surface area contributed by atoms with E-state index in [4.69, 9.17) is 0 Å². The van der Waals surface area contributed by atoms with Crippen LogP contribution in [-0.4, -0.2) is 0 Å². The lowest BCUT2D eigenvalue weighted by atomic mass is 10.3. The van der Waals surface area contributed by atoms with E-state index in [-0.39, 0.29) is 10.9 Å². The van der Waals surface area contributed by atoms with Crippen molar-refractivity contribution in [2.45, 2.75) is 34.1 Å². The molecule has 0 amide bonds. The van der Waals surface area contributed by atoms with Gasteiger partial charge in [0.2, 0.25) is 0 Å². The lowest BCUT2D eigenvalue weighted by Gasteiger charge is -1.83. The van der Waals surface area contributed by atoms with Gasteiger partial charge in [-0.2, -0.15) is 4.39 Å². The van der Waals surface area contributed by atoms with E-state index >= 15 is 0 Å². The lowest BCUT2D eigenvalue weighted by Crippen LogP contribution is -1.75. The number of aryl methyl sites for hydroxylation is 2. The van der Waals surface area contributed by atoms with Crippen LogP contribution in [0.2, 0.25) is 0 Å². The second kappa shape index (κ2) is 9.31. The van der Waals surface area contributed by atoms with Gasteiger partial charge in [-0.15, -0.1) is 22.7 Å². The predicted molar refractivity (Wildman–Crippen MR) is 74.0 cm³/mol. The molecule has 17 heavy (non-hydrogen) atoms. The molecule has 2 heterocycles. The van der Waals surface area contributed by atoms with Crippen molar-refractivity contribution in [3.05, 3.63) is 44.3 Å². The van der Waals surface area contributed by atoms with Gasteiger partial charge in [0.15, 0.2) is 5.13 Å². The number of hydrogen-bond acceptors (Lipinski definition) is 2. The van der Waals surface area contributed by atoms with Crippen LogP contribution < -0.4 is 0 Å². The number of halogens is 2. The number of rotatable bonds is 1. The quantitative estimate of drug-likeness (QED) is 0.629. The van der Waals surface area contributed by atoms with Crippen molar-refractivity contribution in [2.24, 2.45) is 0 Å². The fourth-order valence-corrected chi connectivity index (χ4v) is 2.32. The molecule has 0 aromatic carbocycles. The van der Waals surface area contributed by atoms with Gasteiger partial charge >= 0.3 is 0 Å². The molecular formula is C13H18F2S2. The molecule has 0 saturated carbocycles. The molecule has 2 aromatic rings. The minimum Gasteiger partial charge on any atom is -0.206 e. The molecule has 0 atom stereocenters. The van der Waals surface area contributed by atoms with E-state index < -0.39 is 0 Å². The highest BCUT2D eigenvalue weighted by Crippen LogP contribution is 2.13. The molecule has 0 fully saturated rings. The third-order valence-electron chi connectivity index (χ3n) is 1.87. The van der Waals surface area contributed by atoms with E-state index in [0.717, 1.165) is 28.9 Å². The maximum Gasteiger partial charge on any atom is 0.179 e. The summed E-state index contributed by atoms with van der Waals surface area (Å²) in [5.74, 6) is -0.0926. The second-order valence-corrected chi connectivity index (χ2v) is 4.59. The second-order valence-electron chi connectivity index (χ2n) is 2.98. The Hall–Kier alpha value is -0.740. The fraction of sp³-hybridized carbons (Fsp3) is 0.385. The zero-order valence-corrected chi connectivity index (χ0v) is 12.2. The van der Waals surface area contributed by atoms with Gasteiger partial charge in [0.25, 0.3) is 0 Å². The van der Waals surface area contributed by atoms with Gasteiger partial charge in [-0.1, -0.05) is 20.8 Å². The van der Waals surface area contributed by atoms with E-state index in [9.17, 15) is 8.78 Å². The SMILES string of the molecule is CC.CCc1ccsc1F.Cc1cscc1F. The van der Waals surface area contributed by atoms with Crippen molar-refractivity contribution in [3.63, 3.8) is 0 Å². The molecule has 2 aromatic heterocycles. The summed E-state index contributed by atoms with van der Waals surface area (Å²) in [4.78, 5) is 0. The molecule has 0 aliphatic carbocycles. The zero-order valence-electron chi connectivity index (χ0n) is 10.6. The Kier molecular flexibility index (Phi) is 8.90. The molecule has 0 aliphatic heterocycles. The van der Waals surface area contributed by atoms with Gasteiger partial charge in [0.05, 0.1) is 0 Å². The molecule has 0 aliphatic rings. The van der Waals surface area contributed by atoms with E-state index in [0.29, 0.717) is 0 Å². The highest BCUT2D eigenvalue weighted by molar-refractivity contribution is 7.08. The van der Waals surface area contributed by atoms with Crippen LogP contribution in [-0.2, 0) is 6.42 Å². The van der Waals surface area contributed by atoms with E-state index in [1.165, 1.54) is 16.7 Å². The maximum atomic E-state index is 12.4. The molecule has 0 bridgehead atoms. The van der Waals surface area contributed by atoms with Crippen LogP contribution in [0.3, 0.4) is 0 Å². The van der Waals surface area contributed by atoms with Crippen molar-refractivity contribution in [3.8, 4) is 0 Å². The molecule has 0 spiro atoms. The molecule has 0 nitrogen and oxygen atoms in total. The van der Waals surface area contributed by atoms with Crippen molar-refractivity contribution in [2.75, 3.05) is 0 Å². The lowest BCUT2D eigenvalue weighted by molar-refractivity contribution is 0.624. The molecule has 2 rings (SSSR count). The van der Waals surface area contributed by atoms with Gasteiger partial charge in [0, 0.05) is 5.38 Å². The minimum atomic E-state index is -0.0926. The van der Waals surface area contributed by atoms with Gasteiger partial charge < -0.3 is 0 Å². The first-order chi connectivity index (χ1) is 8.15. The van der Waals surface area contributed by atoms with Crippen molar-refractivity contribution < 1.29 is 8.78 Å². The number of thiophene rings is 2. The van der Waals surface area contributed by atoms with Crippen molar-refractivity contribution in [1.82, 2.24) is 0 Å². The molecule has 0 unspecified atom stereocenters. The molecule has 0 N–H and O–H groups in total. The van der Waals surface area contributed by atoms with Gasteiger partial charge in [-0.3, -0.25) is 0 Å². The van der Waals surface area contributed by atoms with Crippen LogP contribution in [0.1, 0.15) is 31.9 Å². The Balaban J connectivity index is 0.000000265. The summed E-state index contributed by atoms with van der Waals surface area (Å²) in [6.07, 6.45) is 0.801. The summed E-state index contributed by atoms with van der Waals surface area (Å²) in [6, 6.07) is 1.82. The third-order valence-corrected chi connectivity index (χ3v) is 3.44. The normalized spacial score (nSPS) is 8.82. The predicted octanol–water partition coefficient (Wildman–Crippen LogP) is 5.67. The Morgan fingerprint density at radius 3 is 2.00 bits per heavy atom. The first-order valence-electron chi connectivity index (χ1n) is 5.55. The Labute approximate surface area is 110 Å². The standard InChI is InChI=1S/C6H7FS.C5H5FS.C2H6/c1-2-5-3-4-8-6(5)7;1-4-2-7-3-5(4)6;1-2/h3-4H,2H2,1H3;2-3H,1H3;1-2H3. The first-order valence-corrected chi connectivity index (χ1v) is 7.37. The largest absolute Gasteiger partial charge is 0.206 e. The average molecular weight is 276 g/mol. The van der Waals surface area contributed by atoms with Crippen LogP contribution in [0.15, 0.2) is 22.2 Å². The Bertz CT molecular complexity index is 388. The minimum absolute atomic E-state index is 0.0347. The molecule has 0 saturated heterocycles. The molecule has 0 radical (unpaired) electrons. The molecular weight excluding hydrogens is 258 g/mol. The summed E-state index contributed by atoms with van der Waals surface area (Å²) >= 11 is 2.55. The topological polar surface area (TPSA) is 0 Å². The van der Waals surface area contributed by atoms with Crippen LogP contribution >= 0.6 is 22.7 Å². The third kappa shape index (κ3) is 5.94. The summed E-state index contributed by atoms with van der Waals surface area (Å²) < 4.78 is 24.5. The smallest absolute Gasteiger partial charge is 0.179 e. The van der Waals surface area contributed by atoms with E-state index in [2.05, 4.69) is 0 Å². The van der Waals surface area contributed by atoms with Crippen molar-refractivity contribution >= 4 is 22.7 Å². The summed E-state index contributed by atoms with van der Waals surface area (Å²) in [6.45, 7) is 7.71. The Morgan fingerprint density at radius 1 is 1.18 bits per heavy atom. The summed E-state index contributed by atoms with van der Waals surface area (Å²) in [5.41, 5.74) is 1.57. The first kappa shape index (κ1) is 16.3. The van der Waals surface area contributed by atoms with Crippen molar-refractivity contribution in [1.29, 1.82) is 0 Å². The number of hydrogen-bond donors (Lipinski definition) is 0. The highest BCUT2D eigenvalue weighted by atomic mass is 32.1. The zero-order chi connectivity index (χ0) is 13.3. The fourth-order valence-electron chi connectivity index (χ4n) is 0.919. The average Bonchev–Trinajstić information content (AvgIpc) is 2.92. The van der Waals surface area contributed by atoms with Crippen LogP contribution in [0, 0.1) is 17.9 Å². The maximum absolute atomic E-state index is 12.4. The van der Waals surface area contributed by atoms with Gasteiger partial charge in [-0.25, -0.2) is 4.39 Å². The van der Waals surface area contributed by atoms with Gasteiger partial charge in [-0.05, 0) is 41.3 Å². The highest BCUT2D eigenvalue weighted by Gasteiger charge is 1.97. The Morgan fingerprint density at radius 2 is 1.82 bits per heavy atom. The molecule has 96 valence electrons. The summed E-state index contributed by atoms with van der Waals surface area (Å²) in [7, 11) is 0. The summed E-state index contributed by atoms with van der Waals surface area (Å²) in [5, 5.41) is 5.02. The monoisotopic (exact) mass is 276 g/mol. The van der Waals surface area contributed by atoms with E-state index in [1.54, 1.807) is 17.7 Å². The molecule has 4 heteroatoms. The van der Waals surface area contributed by atoms with E-state index in [1.807, 2.05) is 26.8 Å². The van der Waals surface area contributed by atoms with Crippen LogP contribution in [0.5, 0.6) is 0 Å². The van der Waals surface area contributed by atoms with Gasteiger partial charge in [0.1, 0.15) is 5.82 Å².